The van der Waals surface area contributed by atoms with Gasteiger partial charge in [-0.15, -0.1) is 0 Å². The Balaban J connectivity index is 1.48. The van der Waals surface area contributed by atoms with Gasteiger partial charge in [0.25, 0.3) is 0 Å². The first-order valence-electron chi connectivity index (χ1n) is 9.57. The third-order valence-electron chi connectivity index (χ3n) is 4.75. The summed E-state index contributed by atoms with van der Waals surface area (Å²) in [6.45, 7) is 0. The predicted molar refractivity (Wildman–Crippen MR) is 134 cm³/mol. The topological polar surface area (TPSA) is 67.2 Å². The van der Waals surface area contributed by atoms with Crippen molar-refractivity contribution in [3.8, 4) is 11.4 Å². The highest BCUT2D eigenvalue weighted by atomic mass is 35.5. The molecule has 32 heavy (non-hydrogen) atoms. The zero-order valence-corrected chi connectivity index (χ0v) is 21.1. The zero-order chi connectivity index (χ0) is 22.8. The number of aromatic amines is 2. The number of nitrogens with one attached hydrogen (secondary N) is 2. The van der Waals surface area contributed by atoms with Crippen LogP contribution in [-0.4, -0.2) is 29.5 Å². The van der Waals surface area contributed by atoms with Gasteiger partial charge in [-0.1, -0.05) is 46.4 Å². The van der Waals surface area contributed by atoms with E-state index in [9.17, 15) is 0 Å². The molecule has 0 radical (unpaired) electrons. The van der Waals surface area contributed by atoms with E-state index in [1.807, 2.05) is 9.13 Å². The summed E-state index contributed by atoms with van der Waals surface area (Å²) in [4.78, 5) is 0. The summed E-state index contributed by atoms with van der Waals surface area (Å²) >= 11 is 35.4. The van der Waals surface area contributed by atoms with Crippen LogP contribution in [0.3, 0.4) is 0 Å². The number of hydrogen-bond acceptors (Lipinski definition) is 4. The van der Waals surface area contributed by atoms with Gasteiger partial charge >= 0.3 is 0 Å². The molecule has 166 valence electrons. The van der Waals surface area contributed by atoms with Crippen molar-refractivity contribution in [1.82, 2.24) is 29.5 Å². The number of nitrogens with zero attached hydrogens (tertiary/aromatic N) is 4. The van der Waals surface area contributed by atoms with Crippen LogP contribution in [0.5, 0.6) is 0 Å². The Morgan fingerprint density at radius 2 is 0.969 bits per heavy atom. The van der Waals surface area contributed by atoms with Crippen molar-refractivity contribution in [1.29, 1.82) is 0 Å². The van der Waals surface area contributed by atoms with Crippen LogP contribution >= 0.6 is 70.8 Å². The van der Waals surface area contributed by atoms with Crippen LogP contribution in [0.25, 0.3) is 11.4 Å². The molecule has 0 unspecified atom stereocenters. The number of rotatable bonds is 7. The molecular formula is C20H16Cl4N6S2. The van der Waals surface area contributed by atoms with Gasteiger partial charge in [0.15, 0.2) is 9.54 Å². The fraction of sp³-hybridized carbons (Fsp3) is 0.200. The molecule has 4 aromatic rings. The highest BCUT2D eigenvalue weighted by Gasteiger charge is 2.12. The molecule has 0 amide bonds. The molecule has 2 N–H and O–H groups in total. The van der Waals surface area contributed by atoms with E-state index in [4.69, 9.17) is 70.8 Å². The lowest BCUT2D eigenvalue weighted by Crippen LogP contribution is -2.04. The number of aromatic nitrogens is 6. The number of H-pyrrole nitrogens is 2. The van der Waals surface area contributed by atoms with E-state index in [-0.39, 0.29) is 0 Å². The maximum atomic E-state index is 6.15. The van der Waals surface area contributed by atoms with Crippen molar-refractivity contribution in [3.63, 3.8) is 0 Å². The van der Waals surface area contributed by atoms with Gasteiger partial charge in [-0.05, 0) is 73.7 Å². The molecule has 2 aromatic heterocycles. The first-order valence-corrected chi connectivity index (χ1v) is 11.9. The minimum absolute atomic E-state index is 0.483. The molecule has 2 aromatic carbocycles. The van der Waals surface area contributed by atoms with Gasteiger partial charge in [0.2, 0.25) is 0 Å². The summed E-state index contributed by atoms with van der Waals surface area (Å²) in [6, 6.07) is 10.6. The molecule has 0 saturated carbocycles. The molecule has 0 bridgehead atoms. The standard InChI is InChI=1S/C20H16Cl4N6S2/c21-11-5-12(22)8-15(7-11)29-17(25-27-19(29)31)3-1-2-4-18-26-28-20(32)30(18)16-9-13(23)6-14(24)10-16/h5-10H,1-4H2,(H,27,31)(H,28,32). The molecular weight excluding hydrogens is 530 g/mol. The SMILES string of the molecule is S=c1[nH]nc(CCCCc2n[nH]c(=S)n2-c2cc(Cl)cc(Cl)c2)n1-c1cc(Cl)cc(Cl)c1. The van der Waals surface area contributed by atoms with E-state index in [1.54, 1.807) is 36.4 Å². The number of halogens is 4. The lowest BCUT2D eigenvalue weighted by atomic mass is 10.1. The van der Waals surface area contributed by atoms with Crippen molar-refractivity contribution in [2.24, 2.45) is 0 Å². The number of hydrogen-bond donors (Lipinski definition) is 2. The van der Waals surface area contributed by atoms with Crippen molar-refractivity contribution in [2.75, 3.05) is 0 Å². The largest absolute Gasteiger partial charge is 0.272 e. The fourth-order valence-electron chi connectivity index (χ4n) is 3.43. The van der Waals surface area contributed by atoms with Crippen molar-refractivity contribution in [2.45, 2.75) is 25.7 Å². The van der Waals surface area contributed by atoms with Crippen LogP contribution in [0.1, 0.15) is 24.5 Å². The third kappa shape index (κ3) is 5.27. The second kappa shape index (κ2) is 10.1. The molecule has 0 atom stereocenters. The first kappa shape index (κ1) is 23.5. The molecule has 12 heteroatoms. The van der Waals surface area contributed by atoms with Crippen molar-refractivity contribution in [3.05, 3.63) is 77.7 Å². The smallest absolute Gasteiger partial charge is 0.199 e. The second-order valence-corrected chi connectivity index (χ2v) is 9.54. The summed E-state index contributed by atoms with van der Waals surface area (Å²) in [5, 5.41) is 16.6. The van der Waals surface area contributed by atoms with Gasteiger partial charge in [-0.25, -0.2) is 0 Å². The van der Waals surface area contributed by atoms with E-state index in [0.717, 1.165) is 35.9 Å². The normalized spacial score (nSPS) is 11.2. The van der Waals surface area contributed by atoms with E-state index in [1.165, 1.54) is 0 Å². The fourth-order valence-corrected chi connectivity index (χ4v) is 4.97. The van der Waals surface area contributed by atoms with E-state index < -0.39 is 0 Å². The number of benzene rings is 2. The molecule has 0 fully saturated rings. The van der Waals surface area contributed by atoms with E-state index in [0.29, 0.717) is 42.5 Å². The Morgan fingerprint density at radius 1 is 0.625 bits per heavy atom. The third-order valence-corrected chi connectivity index (χ3v) is 6.17. The average Bonchev–Trinajstić information content (AvgIpc) is 3.26. The number of unbranched alkanes of at least 4 members (excludes halogenated alkanes) is 1. The van der Waals surface area contributed by atoms with E-state index >= 15 is 0 Å². The summed E-state index contributed by atoms with van der Waals surface area (Å²) in [6.07, 6.45) is 3.10. The van der Waals surface area contributed by atoms with Gasteiger partial charge < -0.3 is 0 Å². The highest BCUT2D eigenvalue weighted by Crippen LogP contribution is 2.25. The Bertz CT molecular complexity index is 1240. The lowest BCUT2D eigenvalue weighted by Gasteiger charge is -2.09. The zero-order valence-electron chi connectivity index (χ0n) is 16.4. The molecule has 2 heterocycles. The van der Waals surface area contributed by atoms with Gasteiger partial charge in [0.1, 0.15) is 11.6 Å². The molecule has 0 aliphatic rings. The summed E-state index contributed by atoms with van der Waals surface area (Å²) in [5.41, 5.74) is 1.55. The van der Waals surface area contributed by atoms with Crippen LogP contribution in [0.2, 0.25) is 20.1 Å². The average molecular weight is 546 g/mol. The van der Waals surface area contributed by atoms with Crippen LogP contribution in [0.4, 0.5) is 0 Å². The van der Waals surface area contributed by atoms with Crippen LogP contribution < -0.4 is 0 Å². The molecule has 0 saturated heterocycles. The molecule has 0 spiro atoms. The maximum Gasteiger partial charge on any atom is 0.199 e. The second-order valence-electron chi connectivity index (χ2n) is 7.02. The quantitative estimate of drug-likeness (QED) is 0.188. The van der Waals surface area contributed by atoms with Crippen LogP contribution in [0, 0.1) is 9.54 Å². The van der Waals surface area contributed by atoms with Crippen molar-refractivity contribution >= 4 is 70.8 Å². The Hall–Kier alpha value is -1.68. The summed E-state index contributed by atoms with van der Waals surface area (Å²) in [7, 11) is 0. The van der Waals surface area contributed by atoms with Gasteiger partial charge in [0, 0.05) is 32.9 Å². The molecule has 0 aliphatic heterocycles. The van der Waals surface area contributed by atoms with Gasteiger partial charge in [-0.2, -0.15) is 10.2 Å². The minimum Gasteiger partial charge on any atom is -0.272 e. The number of aryl methyl sites for hydroxylation is 2. The minimum atomic E-state index is 0.483. The lowest BCUT2D eigenvalue weighted by molar-refractivity contribution is 0.670. The van der Waals surface area contributed by atoms with Crippen LogP contribution in [-0.2, 0) is 12.8 Å². The van der Waals surface area contributed by atoms with E-state index in [2.05, 4.69) is 20.4 Å². The monoisotopic (exact) mass is 544 g/mol. The molecule has 4 rings (SSSR count). The Morgan fingerprint density at radius 3 is 1.31 bits per heavy atom. The summed E-state index contributed by atoms with van der Waals surface area (Å²) < 4.78 is 4.66. The summed E-state index contributed by atoms with van der Waals surface area (Å²) in [5.74, 6) is 1.60. The molecule has 6 nitrogen and oxygen atoms in total. The maximum absolute atomic E-state index is 6.15. The molecule has 0 aliphatic carbocycles. The Kier molecular flexibility index (Phi) is 7.39. The Labute approximate surface area is 214 Å². The van der Waals surface area contributed by atoms with Crippen LogP contribution in [0.15, 0.2) is 36.4 Å². The van der Waals surface area contributed by atoms with Gasteiger partial charge in [0.05, 0.1) is 11.4 Å². The predicted octanol–water partition coefficient (Wildman–Crippen LogP) is 7.35. The first-order chi connectivity index (χ1) is 15.3. The van der Waals surface area contributed by atoms with Gasteiger partial charge in [-0.3, -0.25) is 19.3 Å². The van der Waals surface area contributed by atoms with Crippen molar-refractivity contribution < 1.29 is 0 Å². The highest BCUT2D eigenvalue weighted by molar-refractivity contribution is 7.71.